The summed E-state index contributed by atoms with van der Waals surface area (Å²) in [6.07, 6.45) is 0. The molecule has 20 heavy (non-hydrogen) atoms. The molecule has 0 heterocycles. The van der Waals surface area contributed by atoms with E-state index in [4.69, 9.17) is 11.6 Å². The van der Waals surface area contributed by atoms with Crippen molar-refractivity contribution in [2.75, 3.05) is 0 Å². The van der Waals surface area contributed by atoms with Gasteiger partial charge in [0.1, 0.15) is 0 Å². The largest absolute Gasteiger partial charge is 0.305 e. The fourth-order valence-electron chi connectivity index (χ4n) is 1.88. The second-order valence-corrected chi connectivity index (χ2v) is 5.39. The third-order valence-electron chi connectivity index (χ3n) is 3.37. The Morgan fingerprint density at radius 1 is 1.05 bits per heavy atom. The second-order valence-electron chi connectivity index (χ2n) is 4.96. The van der Waals surface area contributed by atoms with Gasteiger partial charge in [-0.15, -0.1) is 0 Å². The van der Waals surface area contributed by atoms with Crippen LogP contribution < -0.4 is 5.43 Å². The molecule has 0 aliphatic heterocycles. The van der Waals surface area contributed by atoms with Crippen LogP contribution >= 0.6 is 11.6 Å². The molecule has 0 spiro atoms. The maximum absolute atomic E-state index is 5.86. The summed E-state index contributed by atoms with van der Waals surface area (Å²) in [6.45, 7) is 6.94. The lowest BCUT2D eigenvalue weighted by molar-refractivity contribution is 0.744. The zero-order valence-corrected chi connectivity index (χ0v) is 12.8. The Morgan fingerprint density at radius 2 is 1.75 bits per heavy atom. The molecule has 1 N–H and O–H groups in total. The highest BCUT2D eigenvalue weighted by atomic mass is 35.5. The topological polar surface area (TPSA) is 24.4 Å². The molecule has 0 aliphatic rings. The fourth-order valence-corrected chi connectivity index (χ4v) is 2.01. The van der Waals surface area contributed by atoms with E-state index in [2.05, 4.69) is 42.6 Å². The van der Waals surface area contributed by atoms with E-state index in [1.54, 1.807) is 0 Å². The van der Waals surface area contributed by atoms with Crippen molar-refractivity contribution in [2.45, 2.75) is 27.3 Å². The molecule has 0 aliphatic carbocycles. The van der Waals surface area contributed by atoms with Gasteiger partial charge >= 0.3 is 0 Å². The number of aryl methyl sites for hydroxylation is 2. The van der Waals surface area contributed by atoms with Crippen molar-refractivity contribution in [2.24, 2.45) is 5.10 Å². The van der Waals surface area contributed by atoms with Crippen molar-refractivity contribution in [3.63, 3.8) is 0 Å². The molecule has 0 unspecified atom stereocenters. The maximum atomic E-state index is 5.86. The minimum Gasteiger partial charge on any atom is -0.305 e. The van der Waals surface area contributed by atoms with Crippen LogP contribution in [0.5, 0.6) is 0 Å². The summed E-state index contributed by atoms with van der Waals surface area (Å²) >= 11 is 5.86. The van der Waals surface area contributed by atoms with E-state index >= 15 is 0 Å². The predicted molar refractivity (Wildman–Crippen MR) is 86.4 cm³/mol. The molecule has 0 amide bonds. The highest BCUT2D eigenvalue weighted by molar-refractivity contribution is 6.30. The smallest absolute Gasteiger partial charge is 0.0644 e. The lowest BCUT2D eigenvalue weighted by atomic mass is 10.0. The van der Waals surface area contributed by atoms with Gasteiger partial charge < -0.3 is 5.43 Å². The molecular formula is C17H19ClN2. The van der Waals surface area contributed by atoms with Crippen LogP contribution in [0.3, 0.4) is 0 Å². The Bertz CT molecular complexity index is 615. The Morgan fingerprint density at radius 3 is 2.40 bits per heavy atom. The molecule has 0 fully saturated rings. The van der Waals surface area contributed by atoms with E-state index in [-0.39, 0.29) is 0 Å². The number of hydrazone groups is 1. The first kappa shape index (κ1) is 14.6. The Kier molecular flexibility index (Phi) is 4.80. The van der Waals surface area contributed by atoms with Crippen LogP contribution in [0, 0.1) is 13.8 Å². The zero-order chi connectivity index (χ0) is 14.5. The molecule has 0 bridgehead atoms. The summed E-state index contributed by atoms with van der Waals surface area (Å²) in [4.78, 5) is 0. The normalized spacial score (nSPS) is 11.5. The van der Waals surface area contributed by atoms with Crippen LogP contribution in [0.1, 0.15) is 29.2 Å². The fraction of sp³-hybridized carbons (Fsp3) is 0.235. The first-order valence-electron chi connectivity index (χ1n) is 6.65. The number of halogens is 1. The van der Waals surface area contributed by atoms with Gasteiger partial charge in [0, 0.05) is 5.02 Å². The molecule has 0 saturated heterocycles. The van der Waals surface area contributed by atoms with Crippen LogP contribution in [-0.4, -0.2) is 5.71 Å². The first-order chi connectivity index (χ1) is 9.56. The highest BCUT2D eigenvalue weighted by Gasteiger charge is 2.00. The molecular weight excluding hydrogens is 268 g/mol. The van der Waals surface area contributed by atoms with E-state index in [0.717, 1.165) is 21.9 Å². The Balaban J connectivity index is 2.00. The summed E-state index contributed by atoms with van der Waals surface area (Å²) in [7, 11) is 0. The number of nitrogens with zero attached hydrogens (tertiary/aromatic N) is 1. The summed E-state index contributed by atoms with van der Waals surface area (Å²) < 4.78 is 0. The SMILES string of the molecule is C/C(=N/NCc1ccc(Cl)cc1)c1ccc(C)c(C)c1. The molecule has 2 nitrogen and oxygen atoms in total. The van der Waals surface area contributed by atoms with Crippen molar-refractivity contribution < 1.29 is 0 Å². The van der Waals surface area contributed by atoms with E-state index in [1.807, 2.05) is 31.2 Å². The monoisotopic (exact) mass is 286 g/mol. The second kappa shape index (κ2) is 6.58. The first-order valence-corrected chi connectivity index (χ1v) is 7.03. The molecule has 2 aromatic rings. The zero-order valence-electron chi connectivity index (χ0n) is 12.1. The third-order valence-corrected chi connectivity index (χ3v) is 3.62. The molecule has 0 atom stereocenters. The lowest BCUT2D eigenvalue weighted by Gasteiger charge is -2.06. The predicted octanol–water partition coefficient (Wildman–Crippen LogP) is 4.47. The quantitative estimate of drug-likeness (QED) is 0.651. The van der Waals surface area contributed by atoms with Gasteiger partial charge in [0.05, 0.1) is 12.3 Å². The lowest BCUT2D eigenvalue weighted by Crippen LogP contribution is -2.09. The van der Waals surface area contributed by atoms with Gasteiger partial charge in [-0.05, 0) is 61.2 Å². The van der Waals surface area contributed by atoms with Crippen LogP contribution in [0.4, 0.5) is 0 Å². The average molecular weight is 287 g/mol. The van der Waals surface area contributed by atoms with E-state index in [9.17, 15) is 0 Å². The number of nitrogens with one attached hydrogen (secondary N) is 1. The van der Waals surface area contributed by atoms with Gasteiger partial charge in [-0.3, -0.25) is 0 Å². The van der Waals surface area contributed by atoms with Crippen LogP contribution in [0.25, 0.3) is 0 Å². The number of benzene rings is 2. The summed E-state index contributed by atoms with van der Waals surface area (Å²) in [5.74, 6) is 0. The van der Waals surface area contributed by atoms with E-state index in [0.29, 0.717) is 6.54 Å². The van der Waals surface area contributed by atoms with Gasteiger partial charge in [-0.25, -0.2) is 0 Å². The van der Waals surface area contributed by atoms with Crippen molar-refractivity contribution in [3.8, 4) is 0 Å². The van der Waals surface area contributed by atoms with Gasteiger partial charge in [-0.1, -0.05) is 35.9 Å². The minimum absolute atomic E-state index is 0.694. The summed E-state index contributed by atoms with van der Waals surface area (Å²) in [6, 6.07) is 14.2. The van der Waals surface area contributed by atoms with Crippen molar-refractivity contribution in [1.82, 2.24) is 5.43 Å². The number of rotatable bonds is 4. The average Bonchev–Trinajstić information content (AvgIpc) is 2.44. The van der Waals surface area contributed by atoms with Crippen LogP contribution in [-0.2, 0) is 6.54 Å². The Hall–Kier alpha value is -1.80. The maximum Gasteiger partial charge on any atom is 0.0644 e. The van der Waals surface area contributed by atoms with Gasteiger partial charge in [0.25, 0.3) is 0 Å². The molecule has 104 valence electrons. The highest BCUT2D eigenvalue weighted by Crippen LogP contribution is 2.11. The number of hydrogen-bond acceptors (Lipinski definition) is 2. The summed E-state index contributed by atoms with van der Waals surface area (Å²) in [5.41, 5.74) is 8.98. The molecule has 2 aromatic carbocycles. The van der Waals surface area contributed by atoms with Gasteiger partial charge in [0.2, 0.25) is 0 Å². The third kappa shape index (κ3) is 3.84. The van der Waals surface area contributed by atoms with Gasteiger partial charge in [0.15, 0.2) is 0 Å². The standard InChI is InChI=1S/C17H19ClN2/c1-12-4-7-16(10-13(12)2)14(3)20-19-11-15-5-8-17(18)9-6-15/h4-10,19H,11H2,1-3H3/b20-14-. The minimum atomic E-state index is 0.694. The van der Waals surface area contributed by atoms with E-state index < -0.39 is 0 Å². The van der Waals surface area contributed by atoms with E-state index in [1.165, 1.54) is 11.1 Å². The van der Waals surface area contributed by atoms with Crippen molar-refractivity contribution in [1.29, 1.82) is 0 Å². The van der Waals surface area contributed by atoms with Gasteiger partial charge in [-0.2, -0.15) is 5.10 Å². The molecule has 0 saturated carbocycles. The Labute approximate surface area is 125 Å². The molecule has 0 radical (unpaired) electrons. The summed E-state index contributed by atoms with van der Waals surface area (Å²) in [5, 5.41) is 5.17. The molecule has 3 heteroatoms. The van der Waals surface area contributed by atoms with Crippen LogP contribution in [0.15, 0.2) is 47.6 Å². The van der Waals surface area contributed by atoms with Crippen molar-refractivity contribution >= 4 is 17.3 Å². The molecule has 2 rings (SSSR count). The molecule has 0 aromatic heterocycles. The van der Waals surface area contributed by atoms with Crippen LogP contribution in [0.2, 0.25) is 5.02 Å². The number of hydrogen-bond donors (Lipinski definition) is 1. The van der Waals surface area contributed by atoms with Crippen molar-refractivity contribution in [3.05, 3.63) is 69.7 Å².